The number of ether oxygens (including phenoxy) is 3. The number of carbonyl (C=O) groups excluding carboxylic acids is 4. The third kappa shape index (κ3) is 9.39. The second-order valence-corrected chi connectivity index (χ2v) is 6.04. The summed E-state index contributed by atoms with van der Waals surface area (Å²) in [5.74, 6) is -1.67. The summed E-state index contributed by atoms with van der Waals surface area (Å²) < 4.78 is 15.5. The molecule has 0 heterocycles. The van der Waals surface area contributed by atoms with E-state index in [0.717, 1.165) is 0 Å². The van der Waals surface area contributed by atoms with Crippen LogP contribution in [0, 0.1) is 0 Å². The summed E-state index contributed by atoms with van der Waals surface area (Å²) in [6, 6.07) is 0. The Morgan fingerprint density at radius 1 is 0.692 bits per heavy atom. The predicted molar refractivity (Wildman–Crippen MR) is 94.1 cm³/mol. The van der Waals surface area contributed by atoms with Crippen molar-refractivity contribution in [2.75, 3.05) is 13.1 Å². The molecule has 1 amide bonds. The number of rotatable bonds is 11. The van der Waals surface area contributed by atoms with E-state index in [-0.39, 0.29) is 44.3 Å². The molecule has 0 aliphatic heterocycles. The van der Waals surface area contributed by atoms with Gasteiger partial charge >= 0.3 is 17.9 Å². The van der Waals surface area contributed by atoms with Crippen molar-refractivity contribution < 1.29 is 33.4 Å². The highest BCUT2D eigenvalue weighted by molar-refractivity contribution is 5.83. The summed E-state index contributed by atoms with van der Waals surface area (Å²) in [5.41, 5.74) is 0. The molecule has 0 aliphatic rings. The number of nitrogens with zero attached hydrogens (tertiary/aromatic N) is 1. The van der Waals surface area contributed by atoms with Crippen molar-refractivity contribution in [2.24, 2.45) is 0 Å². The van der Waals surface area contributed by atoms with Gasteiger partial charge in [-0.05, 0) is 20.8 Å². The molecule has 0 fully saturated rings. The summed E-state index contributed by atoms with van der Waals surface area (Å²) in [6.07, 6.45) is -1.46. The summed E-state index contributed by atoms with van der Waals surface area (Å²) >= 11 is 0. The van der Waals surface area contributed by atoms with Gasteiger partial charge in [-0.1, -0.05) is 20.8 Å². The monoisotopic (exact) mass is 373 g/mol. The van der Waals surface area contributed by atoms with Gasteiger partial charge in [0.05, 0.1) is 13.1 Å². The average molecular weight is 373 g/mol. The molecule has 0 aromatic carbocycles. The third-order valence-electron chi connectivity index (χ3n) is 3.45. The second kappa shape index (κ2) is 12.3. The number of hydrogen-bond donors (Lipinski definition) is 0. The van der Waals surface area contributed by atoms with E-state index >= 15 is 0 Å². The van der Waals surface area contributed by atoms with Crippen LogP contribution in [0.2, 0.25) is 0 Å². The number of hydrogen-bond acceptors (Lipinski definition) is 7. The quantitative estimate of drug-likeness (QED) is 0.402. The minimum Gasteiger partial charge on any atom is -0.461 e. The minimum atomic E-state index is -0.981. The molecule has 8 heteroatoms. The van der Waals surface area contributed by atoms with Crippen LogP contribution in [0.5, 0.6) is 0 Å². The van der Waals surface area contributed by atoms with Gasteiger partial charge in [-0.3, -0.25) is 19.2 Å². The molecule has 0 unspecified atom stereocenters. The van der Waals surface area contributed by atoms with Gasteiger partial charge < -0.3 is 19.1 Å². The van der Waals surface area contributed by atoms with Gasteiger partial charge in [0.25, 0.3) is 5.91 Å². The van der Waals surface area contributed by atoms with Gasteiger partial charge in [0.1, 0.15) is 12.2 Å². The Balaban J connectivity index is 5.06. The van der Waals surface area contributed by atoms with E-state index in [1.807, 2.05) is 0 Å². The molecule has 0 bridgehead atoms. The Labute approximate surface area is 155 Å². The van der Waals surface area contributed by atoms with Crippen LogP contribution in [0.25, 0.3) is 0 Å². The van der Waals surface area contributed by atoms with Crippen molar-refractivity contribution in [1.82, 2.24) is 4.90 Å². The highest BCUT2D eigenvalue weighted by atomic mass is 16.6. The number of carbonyl (C=O) groups is 4. The van der Waals surface area contributed by atoms with Crippen molar-refractivity contribution in [2.45, 2.75) is 79.1 Å². The van der Waals surface area contributed by atoms with Crippen molar-refractivity contribution in [3.8, 4) is 0 Å². The zero-order chi connectivity index (χ0) is 20.3. The van der Waals surface area contributed by atoms with Crippen LogP contribution in [-0.4, -0.2) is 60.1 Å². The lowest BCUT2D eigenvalue weighted by atomic mass is 10.2. The molecule has 0 aliphatic carbocycles. The molecule has 0 aromatic rings. The van der Waals surface area contributed by atoms with Crippen LogP contribution in [0.15, 0.2) is 0 Å². The Kier molecular flexibility index (Phi) is 11.3. The van der Waals surface area contributed by atoms with Crippen molar-refractivity contribution >= 4 is 23.8 Å². The maximum absolute atomic E-state index is 12.6. The summed E-state index contributed by atoms with van der Waals surface area (Å²) in [5, 5.41) is 0. The smallest absolute Gasteiger partial charge is 0.306 e. The fraction of sp³-hybridized carbons (Fsp3) is 0.778. The summed E-state index contributed by atoms with van der Waals surface area (Å²) in [4.78, 5) is 48.3. The van der Waals surface area contributed by atoms with E-state index < -0.39 is 30.2 Å². The van der Waals surface area contributed by atoms with Crippen LogP contribution in [-0.2, 0) is 33.4 Å². The fourth-order valence-electron chi connectivity index (χ4n) is 2.15. The maximum atomic E-state index is 12.6. The first-order valence-corrected chi connectivity index (χ1v) is 9.01. The zero-order valence-electron chi connectivity index (χ0n) is 16.6. The Morgan fingerprint density at radius 3 is 1.38 bits per heavy atom. The lowest BCUT2D eigenvalue weighted by Crippen LogP contribution is -2.47. The molecule has 0 N–H and O–H groups in total. The van der Waals surface area contributed by atoms with Gasteiger partial charge in [0.2, 0.25) is 0 Å². The van der Waals surface area contributed by atoms with Crippen molar-refractivity contribution in [3.05, 3.63) is 0 Å². The number of amides is 1. The Bertz CT molecular complexity index is 466. The topological polar surface area (TPSA) is 99.2 Å². The molecule has 150 valence electrons. The molecule has 0 aromatic heterocycles. The lowest BCUT2D eigenvalue weighted by Gasteiger charge is -2.30. The highest BCUT2D eigenvalue weighted by Gasteiger charge is 2.27. The van der Waals surface area contributed by atoms with E-state index in [4.69, 9.17) is 14.2 Å². The van der Waals surface area contributed by atoms with Gasteiger partial charge in [0, 0.05) is 19.3 Å². The summed E-state index contributed by atoms with van der Waals surface area (Å²) in [7, 11) is 0. The third-order valence-corrected chi connectivity index (χ3v) is 3.45. The van der Waals surface area contributed by atoms with Crippen LogP contribution in [0.4, 0.5) is 0 Å². The van der Waals surface area contributed by atoms with Crippen LogP contribution in [0.3, 0.4) is 0 Å². The molecular weight excluding hydrogens is 342 g/mol. The largest absolute Gasteiger partial charge is 0.461 e. The molecule has 0 radical (unpaired) electrons. The van der Waals surface area contributed by atoms with Crippen LogP contribution < -0.4 is 0 Å². The normalized spacial score (nSPS) is 13.9. The standard InChI is InChI=1S/C18H31NO7/c1-7-15(20)24-12(4)10-19(11-13(5)25-16(21)8-2)18(23)14(6)26-17(22)9-3/h12-14H,7-11H2,1-6H3/t12-,13+,14-/m1/s1. The van der Waals surface area contributed by atoms with Gasteiger partial charge in [-0.2, -0.15) is 0 Å². The molecule has 0 saturated heterocycles. The van der Waals surface area contributed by atoms with E-state index in [9.17, 15) is 19.2 Å². The van der Waals surface area contributed by atoms with Gasteiger partial charge in [-0.25, -0.2) is 0 Å². The Hall–Kier alpha value is -2.12. The van der Waals surface area contributed by atoms with Crippen LogP contribution in [0.1, 0.15) is 60.8 Å². The van der Waals surface area contributed by atoms with E-state index in [2.05, 4.69) is 0 Å². The molecule has 8 nitrogen and oxygen atoms in total. The Morgan fingerprint density at radius 2 is 1.04 bits per heavy atom. The maximum Gasteiger partial charge on any atom is 0.306 e. The predicted octanol–water partition coefficient (Wildman–Crippen LogP) is 1.84. The first-order chi connectivity index (χ1) is 12.1. The molecule has 3 atom stereocenters. The number of esters is 3. The zero-order valence-corrected chi connectivity index (χ0v) is 16.6. The van der Waals surface area contributed by atoms with Gasteiger partial charge in [0.15, 0.2) is 6.10 Å². The van der Waals surface area contributed by atoms with Crippen molar-refractivity contribution in [3.63, 3.8) is 0 Å². The highest BCUT2D eigenvalue weighted by Crippen LogP contribution is 2.08. The van der Waals surface area contributed by atoms with E-state index in [0.29, 0.717) is 0 Å². The average Bonchev–Trinajstić information content (AvgIpc) is 2.59. The summed E-state index contributed by atoms with van der Waals surface area (Å²) in [6.45, 7) is 10.0. The SMILES string of the molecule is CCC(=O)O[C@H](C)CN(C[C@H](C)OC(=O)CC)C(=O)[C@@H](C)OC(=O)CC. The first kappa shape index (κ1) is 23.9. The molecule has 0 spiro atoms. The molecular formula is C18H31NO7. The molecule has 26 heavy (non-hydrogen) atoms. The minimum absolute atomic E-state index is 0.104. The van der Waals surface area contributed by atoms with Gasteiger partial charge in [-0.15, -0.1) is 0 Å². The lowest BCUT2D eigenvalue weighted by molar-refractivity contribution is -0.162. The van der Waals surface area contributed by atoms with E-state index in [1.165, 1.54) is 11.8 Å². The first-order valence-electron chi connectivity index (χ1n) is 9.01. The molecule has 0 saturated carbocycles. The molecule has 0 rings (SSSR count). The second-order valence-electron chi connectivity index (χ2n) is 6.04. The van der Waals surface area contributed by atoms with E-state index in [1.54, 1.807) is 34.6 Å². The van der Waals surface area contributed by atoms with Crippen LogP contribution >= 0.6 is 0 Å². The fourth-order valence-corrected chi connectivity index (χ4v) is 2.15. The van der Waals surface area contributed by atoms with Crippen molar-refractivity contribution in [1.29, 1.82) is 0 Å².